The predicted molar refractivity (Wildman–Crippen MR) is 74.5 cm³/mol. The molecule has 3 heterocycles. The molecule has 5 heteroatoms. The highest BCUT2D eigenvalue weighted by Crippen LogP contribution is 2.21. The van der Waals surface area contributed by atoms with Crippen LogP contribution in [0.25, 0.3) is 11.6 Å². The molecule has 0 aliphatic carbocycles. The maximum atomic E-state index is 9.40. The van der Waals surface area contributed by atoms with Gasteiger partial charge in [-0.1, -0.05) is 6.42 Å². The maximum Gasteiger partial charge on any atom is 0.174 e. The fraction of sp³-hybridized carbons (Fsp3) is 0.400. The molecule has 0 spiro atoms. The molecule has 20 heavy (non-hydrogen) atoms. The van der Waals surface area contributed by atoms with Gasteiger partial charge in [0.05, 0.1) is 0 Å². The topological polar surface area (TPSA) is 67.6 Å². The molecule has 2 aromatic rings. The zero-order valence-electron chi connectivity index (χ0n) is 11.5. The van der Waals surface area contributed by atoms with Crippen LogP contribution in [0, 0.1) is 18.3 Å². The maximum absolute atomic E-state index is 9.40. The molecule has 0 fully saturated rings. The second kappa shape index (κ2) is 5.33. The minimum Gasteiger partial charge on any atom is -0.462 e. The van der Waals surface area contributed by atoms with Gasteiger partial charge in [0, 0.05) is 19.0 Å². The third kappa shape index (κ3) is 2.37. The van der Waals surface area contributed by atoms with E-state index in [0.717, 1.165) is 37.4 Å². The van der Waals surface area contributed by atoms with Crippen LogP contribution < -0.4 is 0 Å². The van der Waals surface area contributed by atoms with Crippen LogP contribution in [0.4, 0.5) is 0 Å². The average molecular weight is 268 g/mol. The Morgan fingerprint density at radius 2 is 2.25 bits per heavy atom. The lowest BCUT2D eigenvalue weighted by Gasteiger charge is -2.05. The Morgan fingerprint density at radius 3 is 3.00 bits per heavy atom. The van der Waals surface area contributed by atoms with E-state index in [-0.39, 0.29) is 0 Å². The molecule has 0 unspecified atom stereocenters. The van der Waals surface area contributed by atoms with Crippen molar-refractivity contribution in [1.29, 1.82) is 5.26 Å². The molecule has 2 aromatic heterocycles. The van der Waals surface area contributed by atoms with E-state index in [1.54, 1.807) is 6.08 Å². The molecule has 1 aliphatic heterocycles. The summed E-state index contributed by atoms with van der Waals surface area (Å²) in [6.07, 6.45) is 6.12. The lowest BCUT2D eigenvalue weighted by atomic mass is 10.2. The summed E-state index contributed by atoms with van der Waals surface area (Å²) >= 11 is 0. The summed E-state index contributed by atoms with van der Waals surface area (Å²) in [5.74, 6) is 3.13. The largest absolute Gasteiger partial charge is 0.462 e. The van der Waals surface area contributed by atoms with Crippen LogP contribution in [0.2, 0.25) is 0 Å². The van der Waals surface area contributed by atoms with Crippen LogP contribution in [0.15, 0.2) is 16.5 Å². The minimum absolute atomic E-state index is 0.500. The monoisotopic (exact) mass is 268 g/mol. The van der Waals surface area contributed by atoms with Crippen molar-refractivity contribution in [3.63, 3.8) is 0 Å². The first-order chi connectivity index (χ1) is 9.78. The van der Waals surface area contributed by atoms with Crippen LogP contribution >= 0.6 is 0 Å². The van der Waals surface area contributed by atoms with Crippen LogP contribution in [0.5, 0.6) is 0 Å². The van der Waals surface area contributed by atoms with E-state index in [9.17, 15) is 5.26 Å². The quantitative estimate of drug-likeness (QED) is 0.785. The van der Waals surface area contributed by atoms with Gasteiger partial charge in [-0.25, -0.2) is 0 Å². The Morgan fingerprint density at radius 1 is 1.35 bits per heavy atom. The average Bonchev–Trinajstić information content (AvgIpc) is 2.96. The number of fused-ring (bicyclic) bond motifs is 1. The van der Waals surface area contributed by atoms with Crippen molar-refractivity contribution < 1.29 is 4.42 Å². The Kier molecular flexibility index (Phi) is 3.38. The normalized spacial score (nSPS) is 15.5. The molecule has 0 amide bonds. The van der Waals surface area contributed by atoms with Gasteiger partial charge >= 0.3 is 0 Å². The van der Waals surface area contributed by atoms with Crippen molar-refractivity contribution in [2.75, 3.05) is 0 Å². The number of rotatable bonds is 2. The number of hydrogen-bond donors (Lipinski definition) is 0. The zero-order valence-corrected chi connectivity index (χ0v) is 11.5. The number of allylic oxidation sites excluding steroid dienone is 1. The molecule has 1 aliphatic rings. The lowest BCUT2D eigenvalue weighted by molar-refractivity contribution is 0.525. The van der Waals surface area contributed by atoms with E-state index < -0.39 is 0 Å². The zero-order chi connectivity index (χ0) is 13.9. The Hall–Kier alpha value is -2.35. The smallest absolute Gasteiger partial charge is 0.174 e. The molecule has 0 N–H and O–H groups in total. The van der Waals surface area contributed by atoms with Gasteiger partial charge in [-0.3, -0.25) is 0 Å². The van der Waals surface area contributed by atoms with Crippen LogP contribution in [0.1, 0.15) is 42.4 Å². The van der Waals surface area contributed by atoms with Crippen molar-refractivity contribution in [1.82, 2.24) is 14.8 Å². The van der Waals surface area contributed by atoms with E-state index in [1.165, 1.54) is 6.42 Å². The fourth-order valence-electron chi connectivity index (χ4n) is 2.50. The van der Waals surface area contributed by atoms with Gasteiger partial charge in [0.25, 0.3) is 0 Å². The summed E-state index contributed by atoms with van der Waals surface area (Å²) in [5, 5.41) is 17.8. The molecule has 3 rings (SSSR count). The first-order valence-electron chi connectivity index (χ1n) is 6.88. The van der Waals surface area contributed by atoms with Gasteiger partial charge in [0.2, 0.25) is 0 Å². The lowest BCUT2D eigenvalue weighted by Crippen LogP contribution is -2.05. The molecule has 0 saturated carbocycles. The molecule has 0 bridgehead atoms. The molecular formula is C15H16N4O. The van der Waals surface area contributed by atoms with Gasteiger partial charge in [-0.05, 0) is 31.9 Å². The third-order valence-electron chi connectivity index (χ3n) is 3.52. The second-order valence-electron chi connectivity index (χ2n) is 5.02. The number of aryl methyl sites for hydroxylation is 2. The summed E-state index contributed by atoms with van der Waals surface area (Å²) in [6, 6.07) is 5.94. The second-order valence-corrected chi connectivity index (χ2v) is 5.02. The van der Waals surface area contributed by atoms with Crippen LogP contribution in [0.3, 0.4) is 0 Å². The number of hydrogen-bond acceptors (Lipinski definition) is 4. The number of nitrogens with zero attached hydrogens (tertiary/aromatic N) is 4. The number of aromatic nitrogens is 3. The van der Waals surface area contributed by atoms with Gasteiger partial charge < -0.3 is 8.98 Å². The molecule has 5 nitrogen and oxygen atoms in total. The molecular weight excluding hydrogens is 252 g/mol. The first kappa shape index (κ1) is 12.7. The number of nitriles is 1. The molecule has 102 valence electrons. The van der Waals surface area contributed by atoms with E-state index in [1.807, 2.05) is 19.1 Å². The summed E-state index contributed by atoms with van der Waals surface area (Å²) in [4.78, 5) is 0. The van der Waals surface area contributed by atoms with E-state index in [2.05, 4.69) is 20.8 Å². The fourth-order valence-corrected chi connectivity index (χ4v) is 2.50. The van der Waals surface area contributed by atoms with E-state index >= 15 is 0 Å². The van der Waals surface area contributed by atoms with Gasteiger partial charge in [-0.15, -0.1) is 10.2 Å². The molecule has 0 atom stereocenters. The minimum atomic E-state index is 0.500. The summed E-state index contributed by atoms with van der Waals surface area (Å²) in [5.41, 5.74) is 0.500. The Bertz CT molecular complexity index is 687. The Balaban J connectivity index is 2.00. The van der Waals surface area contributed by atoms with Crippen molar-refractivity contribution in [2.45, 2.75) is 39.2 Å². The first-order valence-corrected chi connectivity index (χ1v) is 6.88. The van der Waals surface area contributed by atoms with Gasteiger partial charge in [0.1, 0.15) is 29.0 Å². The van der Waals surface area contributed by atoms with Gasteiger partial charge in [0.15, 0.2) is 5.82 Å². The summed E-state index contributed by atoms with van der Waals surface area (Å²) in [7, 11) is 0. The van der Waals surface area contributed by atoms with Crippen LogP contribution in [-0.2, 0) is 13.0 Å². The van der Waals surface area contributed by atoms with Crippen molar-refractivity contribution in [3.05, 3.63) is 35.3 Å². The van der Waals surface area contributed by atoms with Crippen molar-refractivity contribution in [2.24, 2.45) is 0 Å². The van der Waals surface area contributed by atoms with Crippen molar-refractivity contribution in [3.8, 4) is 6.07 Å². The van der Waals surface area contributed by atoms with E-state index in [0.29, 0.717) is 17.2 Å². The standard InChI is InChI=1S/C15H16N4O/c1-11-6-7-13(20-11)9-12(10-16)15-18-17-14-5-3-2-4-8-19(14)15/h6-7,9H,2-5,8H2,1H3. The predicted octanol–water partition coefficient (Wildman–Crippen LogP) is 2.97. The SMILES string of the molecule is Cc1ccc(C=C(C#N)c2nnc3n2CCCCC3)o1. The van der Waals surface area contributed by atoms with E-state index in [4.69, 9.17) is 4.42 Å². The van der Waals surface area contributed by atoms with Gasteiger partial charge in [-0.2, -0.15) is 5.26 Å². The van der Waals surface area contributed by atoms with Crippen molar-refractivity contribution >= 4 is 11.6 Å². The highest BCUT2D eigenvalue weighted by Gasteiger charge is 2.17. The summed E-state index contributed by atoms with van der Waals surface area (Å²) < 4.78 is 7.56. The van der Waals surface area contributed by atoms with Crippen LogP contribution in [-0.4, -0.2) is 14.8 Å². The molecule has 0 aromatic carbocycles. The summed E-state index contributed by atoms with van der Waals surface area (Å²) in [6.45, 7) is 2.76. The highest BCUT2D eigenvalue weighted by atomic mass is 16.3. The Labute approximate surface area is 117 Å². The molecule has 0 radical (unpaired) electrons. The number of furan rings is 1. The highest BCUT2D eigenvalue weighted by molar-refractivity contribution is 5.86. The third-order valence-corrected chi connectivity index (χ3v) is 3.52. The molecule has 0 saturated heterocycles.